The fourth-order valence-corrected chi connectivity index (χ4v) is 3.16. The molecule has 0 fully saturated rings. The lowest BCUT2D eigenvalue weighted by molar-refractivity contribution is 0.556. The number of allylic oxidation sites excluding steroid dienone is 2. The highest BCUT2D eigenvalue weighted by molar-refractivity contribution is 9.09. The number of hydrogen-bond donors (Lipinski definition) is 0. The van der Waals surface area contributed by atoms with Gasteiger partial charge in [0.05, 0.1) is 5.83 Å². The molecule has 0 aliphatic carbocycles. The summed E-state index contributed by atoms with van der Waals surface area (Å²) in [7, 11) is 0. The van der Waals surface area contributed by atoms with Crippen molar-refractivity contribution in [3.8, 4) is 0 Å². The SMILES string of the molecule is F/C(=C\CCCCCCCCCCBr)CCCc1ccccc1. The molecular formula is C21H32BrF. The van der Waals surface area contributed by atoms with Gasteiger partial charge >= 0.3 is 0 Å². The van der Waals surface area contributed by atoms with Crippen LogP contribution < -0.4 is 0 Å². The maximum Gasteiger partial charge on any atom is 0.0959 e. The van der Waals surface area contributed by atoms with E-state index in [-0.39, 0.29) is 5.83 Å². The van der Waals surface area contributed by atoms with Crippen molar-refractivity contribution < 1.29 is 4.39 Å². The van der Waals surface area contributed by atoms with Gasteiger partial charge in [-0.15, -0.1) is 0 Å². The maximum atomic E-state index is 13.7. The summed E-state index contributed by atoms with van der Waals surface area (Å²) < 4.78 is 13.7. The predicted octanol–water partition coefficient (Wildman–Crippen LogP) is 7.77. The second-order valence-corrected chi connectivity index (χ2v) is 7.09. The van der Waals surface area contributed by atoms with Crippen LogP contribution in [0.1, 0.15) is 76.2 Å². The van der Waals surface area contributed by atoms with Crippen LogP contribution in [0, 0.1) is 0 Å². The van der Waals surface area contributed by atoms with Crippen LogP contribution in [0.4, 0.5) is 4.39 Å². The van der Waals surface area contributed by atoms with Crippen molar-refractivity contribution >= 4 is 15.9 Å². The number of unbranched alkanes of at least 4 members (excludes halogenated alkanes) is 8. The van der Waals surface area contributed by atoms with Gasteiger partial charge in [-0.3, -0.25) is 0 Å². The Balaban J connectivity index is 1.91. The van der Waals surface area contributed by atoms with Gasteiger partial charge in [-0.05, 0) is 44.1 Å². The Bertz CT molecular complexity index is 400. The molecule has 0 radical (unpaired) electrons. The first-order valence-electron chi connectivity index (χ1n) is 9.27. The van der Waals surface area contributed by atoms with E-state index in [2.05, 4.69) is 28.1 Å². The zero-order valence-corrected chi connectivity index (χ0v) is 16.0. The van der Waals surface area contributed by atoms with E-state index in [0.29, 0.717) is 6.42 Å². The Morgan fingerprint density at radius 3 is 2.09 bits per heavy atom. The summed E-state index contributed by atoms with van der Waals surface area (Å²) in [6, 6.07) is 10.3. The lowest BCUT2D eigenvalue weighted by atomic mass is 10.1. The lowest BCUT2D eigenvalue weighted by Gasteiger charge is -2.02. The van der Waals surface area contributed by atoms with Crippen molar-refractivity contribution in [1.82, 2.24) is 0 Å². The quantitative estimate of drug-likeness (QED) is 0.227. The van der Waals surface area contributed by atoms with Gasteiger partial charge in [0, 0.05) is 5.33 Å². The second-order valence-electron chi connectivity index (χ2n) is 6.30. The van der Waals surface area contributed by atoms with Gasteiger partial charge in [0.25, 0.3) is 0 Å². The van der Waals surface area contributed by atoms with Crippen molar-refractivity contribution in [3.63, 3.8) is 0 Å². The smallest absolute Gasteiger partial charge is 0.0959 e. The Hall–Kier alpha value is -0.630. The van der Waals surface area contributed by atoms with E-state index in [4.69, 9.17) is 0 Å². The van der Waals surface area contributed by atoms with Crippen molar-refractivity contribution in [3.05, 3.63) is 47.8 Å². The van der Waals surface area contributed by atoms with Gasteiger partial charge in [-0.2, -0.15) is 0 Å². The van der Waals surface area contributed by atoms with Crippen molar-refractivity contribution in [2.45, 2.75) is 77.0 Å². The van der Waals surface area contributed by atoms with Crippen LogP contribution in [0.2, 0.25) is 0 Å². The third-order valence-electron chi connectivity index (χ3n) is 4.18. The fraction of sp³-hybridized carbons (Fsp3) is 0.619. The van der Waals surface area contributed by atoms with E-state index in [0.717, 1.165) is 31.0 Å². The van der Waals surface area contributed by atoms with Crippen LogP contribution in [0.15, 0.2) is 42.2 Å². The first kappa shape index (κ1) is 20.4. The largest absolute Gasteiger partial charge is 0.212 e. The summed E-state index contributed by atoms with van der Waals surface area (Å²) in [5.41, 5.74) is 1.30. The van der Waals surface area contributed by atoms with Gasteiger partial charge < -0.3 is 0 Å². The van der Waals surface area contributed by atoms with Gasteiger partial charge in [-0.1, -0.05) is 90.9 Å². The van der Waals surface area contributed by atoms with Crippen LogP contribution in [0.5, 0.6) is 0 Å². The minimum absolute atomic E-state index is 0.0794. The molecule has 0 bridgehead atoms. The van der Waals surface area contributed by atoms with E-state index in [1.165, 1.54) is 50.5 Å². The molecule has 0 saturated heterocycles. The zero-order valence-electron chi connectivity index (χ0n) is 14.4. The molecule has 1 aromatic rings. The van der Waals surface area contributed by atoms with E-state index in [1.807, 2.05) is 18.2 Å². The first-order valence-corrected chi connectivity index (χ1v) is 10.4. The van der Waals surface area contributed by atoms with Crippen molar-refractivity contribution in [2.75, 3.05) is 5.33 Å². The normalized spacial score (nSPS) is 11.8. The molecule has 0 N–H and O–H groups in total. The molecule has 2 heteroatoms. The van der Waals surface area contributed by atoms with E-state index in [9.17, 15) is 4.39 Å². The molecule has 0 atom stereocenters. The summed E-state index contributed by atoms with van der Waals surface area (Å²) in [6.07, 6.45) is 15.6. The Morgan fingerprint density at radius 2 is 1.43 bits per heavy atom. The molecule has 0 spiro atoms. The van der Waals surface area contributed by atoms with E-state index in [1.54, 1.807) is 6.08 Å². The highest BCUT2D eigenvalue weighted by Crippen LogP contribution is 2.14. The third kappa shape index (κ3) is 12.5. The number of alkyl halides is 1. The Labute approximate surface area is 150 Å². The van der Waals surface area contributed by atoms with Crippen molar-refractivity contribution in [2.24, 2.45) is 0 Å². The van der Waals surface area contributed by atoms with Gasteiger partial charge in [0.15, 0.2) is 0 Å². The third-order valence-corrected chi connectivity index (χ3v) is 4.74. The molecule has 0 aliphatic rings. The molecule has 0 aromatic heterocycles. The molecule has 0 nitrogen and oxygen atoms in total. The zero-order chi connectivity index (χ0) is 16.6. The maximum absolute atomic E-state index is 13.7. The Morgan fingerprint density at radius 1 is 0.826 bits per heavy atom. The van der Waals surface area contributed by atoms with Gasteiger partial charge in [0.1, 0.15) is 0 Å². The molecular weight excluding hydrogens is 351 g/mol. The standard InChI is InChI=1S/C21H32BrF/c22-19-12-7-5-3-1-2-4-6-11-17-21(23)18-13-16-20-14-9-8-10-15-20/h8-10,14-15,17H,1-7,11-13,16,18-19H2/b21-17-. The summed E-state index contributed by atoms with van der Waals surface area (Å²) in [4.78, 5) is 0. The number of halogens is 2. The monoisotopic (exact) mass is 382 g/mol. The van der Waals surface area contributed by atoms with Gasteiger partial charge in [-0.25, -0.2) is 4.39 Å². The first-order chi connectivity index (χ1) is 11.3. The number of hydrogen-bond acceptors (Lipinski definition) is 0. The Kier molecular flexibility index (Phi) is 13.3. The van der Waals surface area contributed by atoms with Crippen LogP contribution in [-0.2, 0) is 6.42 Å². The highest BCUT2D eigenvalue weighted by atomic mass is 79.9. The minimum atomic E-state index is 0.0794. The van der Waals surface area contributed by atoms with Crippen LogP contribution in [-0.4, -0.2) is 5.33 Å². The molecule has 130 valence electrons. The topological polar surface area (TPSA) is 0 Å². The highest BCUT2D eigenvalue weighted by Gasteiger charge is 1.97. The molecule has 0 unspecified atom stereocenters. The summed E-state index contributed by atoms with van der Waals surface area (Å²) >= 11 is 3.46. The number of benzene rings is 1. The molecule has 0 heterocycles. The molecule has 0 aliphatic heterocycles. The fourth-order valence-electron chi connectivity index (χ4n) is 2.77. The minimum Gasteiger partial charge on any atom is -0.212 e. The van der Waals surface area contributed by atoms with E-state index >= 15 is 0 Å². The molecule has 0 saturated carbocycles. The average molecular weight is 383 g/mol. The number of rotatable bonds is 14. The summed E-state index contributed by atoms with van der Waals surface area (Å²) in [6.45, 7) is 0. The van der Waals surface area contributed by atoms with Crippen molar-refractivity contribution in [1.29, 1.82) is 0 Å². The molecule has 23 heavy (non-hydrogen) atoms. The predicted molar refractivity (Wildman–Crippen MR) is 104 cm³/mol. The van der Waals surface area contributed by atoms with Gasteiger partial charge in [0.2, 0.25) is 0 Å². The lowest BCUT2D eigenvalue weighted by Crippen LogP contribution is -1.86. The second kappa shape index (κ2) is 14.9. The number of aryl methyl sites for hydroxylation is 1. The molecule has 1 rings (SSSR count). The molecule has 0 amide bonds. The van der Waals surface area contributed by atoms with Crippen LogP contribution >= 0.6 is 15.9 Å². The molecule has 1 aromatic carbocycles. The van der Waals surface area contributed by atoms with Crippen LogP contribution in [0.3, 0.4) is 0 Å². The average Bonchev–Trinajstić information content (AvgIpc) is 2.57. The van der Waals surface area contributed by atoms with E-state index < -0.39 is 0 Å². The van der Waals surface area contributed by atoms with Crippen LogP contribution in [0.25, 0.3) is 0 Å². The summed E-state index contributed by atoms with van der Waals surface area (Å²) in [5, 5.41) is 1.14. The summed E-state index contributed by atoms with van der Waals surface area (Å²) in [5.74, 6) is 0.0794.